The summed E-state index contributed by atoms with van der Waals surface area (Å²) in [7, 11) is 0. The summed E-state index contributed by atoms with van der Waals surface area (Å²) >= 11 is 3.43. The van der Waals surface area contributed by atoms with E-state index in [0.717, 1.165) is 35.9 Å². The molecular formula is C13H14BrN3O. The van der Waals surface area contributed by atoms with Crippen LogP contribution in [0.3, 0.4) is 0 Å². The number of halogens is 1. The smallest absolute Gasteiger partial charge is 0.261 e. The second-order valence-corrected chi connectivity index (χ2v) is 5.43. The second-order valence-electron chi connectivity index (χ2n) is 4.57. The fourth-order valence-electron chi connectivity index (χ4n) is 2.48. The average molecular weight is 308 g/mol. The molecule has 94 valence electrons. The number of piperidine rings is 1. The van der Waals surface area contributed by atoms with Gasteiger partial charge in [-0.3, -0.25) is 9.36 Å². The number of rotatable bonds is 1. The normalized spacial score (nSPS) is 17.2. The minimum Gasteiger partial charge on any atom is -0.317 e. The molecule has 1 saturated heterocycles. The van der Waals surface area contributed by atoms with Gasteiger partial charge in [0.2, 0.25) is 0 Å². The van der Waals surface area contributed by atoms with Crippen molar-refractivity contribution in [3.05, 3.63) is 39.4 Å². The van der Waals surface area contributed by atoms with Crippen LogP contribution in [0.4, 0.5) is 0 Å². The molecule has 3 rings (SSSR count). The molecular weight excluding hydrogens is 294 g/mol. The fraction of sp³-hybridized carbons (Fsp3) is 0.385. The van der Waals surface area contributed by atoms with Crippen molar-refractivity contribution in [2.24, 2.45) is 0 Å². The Morgan fingerprint density at radius 1 is 1.33 bits per heavy atom. The van der Waals surface area contributed by atoms with Gasteiger partial charge >= 0.3 is 0 Å². The van der Waals surface area contributed by atoms with Crippen LogP contribution in [-0.2, 0) is 0 Å². The Hall–Kier alpha value is -1.20. The number of nitrogens with one attached hydrogen (secondary N) is 1. The lowest BCUT2D eigenvalue weighted by Crippen LogP contribution is -2.34. The van der Waals surface area contributed by atoms with E-state index < -0.39 is 0 Å². The molecule has 0 saturated carbocycles. The second kappa shape index (κ2) is 4.82. The van der Waals surface area contributed by atoms with E-state index in [-0.39, 0.29) is 11.6 Å². The van der Waals surface area contributed by atoms with Crippen molar-refractivity contribution in [1.29, 1.82) is 0 Å². The van der Waals surface area contributed by atoms with Crippen molar-refractivity contribution in [1.82, 2.24) is 14.9 Å². The first-order valence-corrected chi connectivity index (χ1v) is 6.93. The molecule has 2 aromatic rings. The standard InChI is InChI=1S/C13H14BrN3O/c14-11-3-1-2-10-12(11)16-8-17(13(10)18)9-4-6-15-7-5-9/h1-3,8-9,15H,4-7H2. The van der Waals surface area contributed by atoms with Crippen molar-refractivity contribution in [2.75, 3.05) is 13.1 Å². The fourth-order valence-corrected chi connectivity index (χ4v) is 2.94. The topological polar surface area (TPSA) is 46.9 Å². The highest BCUT2D eigenvalue weighted by atomic mass is 79.9. The highest BCUT2D eigenvalue weighted by Crippen LogP contribution is 2.21. The Labute approximate surface area is 113 Å². The van der Waals surface area contributed by atoms with E-state index >= 15 is 0 Å². The molecule has 1 N–H and O–H groups in total. The van der Waals surface area contributed by atoms with Gasteiger partial charge in [-0.1, -0.05) is 6.07 Å². The average Bonchev–Trinajstić information content (AvgIpc) is 2.41. The van der Waals surface area contributed by atoms with E-state index in [0.29, 0.717) is 5.39 Å². The van der Waals surface area contributed by atoms with Crippen LogP contribution in [0.2, 0.25) is 0 Å². The van der Waals surface area contributed by atoms with Crippen molar-refractivity contribution in [3.63, 3.8) is 0 Å². The van der Waals surface area contributed by atoms with Gasteiger partial charge in [0, 0.05) is 10.5 Å². The van der Waals surface area contributed by atoms with Crippen molar-refractivity contribution < 1.29 is 0 Å². The Kier molecular flexibility index (Phi) is 3.18. The molecule has 0 spiro atoms. The third kappa shape index (κ3) is 1.97. The molecule has 1 fully saturated rings. The minimum atomic E-state index is 0.0631. The minimum absolute atomic E-state index is 0.0631. The van der Waals surface area contributed by atoms with Crippen molar-refractivity contribution in [3.8, 4) is 0 Å². The molecule has 1 aliphatic heterocycles. The van der Waals surface area contributed by atoms with Gasteiger partial charge in [-0.25, -0.2) is 4.98 Å². The highest BCUT2D eigenvalue weighted by molar-refractivity contribution is 9.10. The Bertz CT molecular complexity index is 632. The molecule has 0 aliphatic carbocycles. The van der Waals surface area contributed by atoms with Crippen LogP contribution in [0, 0.1) is 0 Å². The van der Waals surface area contributed by atoms with Crippen LogP contribution in [0.5, 0.6) is 0 Å². The number of aromatic nitrogens is 2. The molecule has 18 heavy (non-hydrogen) atoms. The van der Waals surface area contributed by atoms with Crippen LogP contribution >= 0.6 is 15.9 Å². The van der Waals surface area contributed by atoms with Gasteiger partial charge in [-0.15, -0.1) is 0 Å². The van der Waals surface area contributed by atoms with E-state index in [9.17, 15) is 4.79 Å². The van der Waals surface area contributed by atoms with Gasteiger partial charge in [0.05, 0.1) is 17.2 Å². The van der Waals surface area contributed by atoms with Crippen molar-refractivity contribution in [2.45, 2.75) is 18.9 Å². The molecule has 4 nitrogen and oxygen atoms in total. The number of benzene rings is 1. The predicted molar refractivity (Wildman–Crippen MR) is 74.8 cm³/mol. The molecule has 0 radical (unpaired) electrons. The summed E-state index contributed by atoms with van der Waals surface area (Å²) in [4.78, 5) is 16.9. The van der Waals surface area contributed by atoms with Gasteiger partial charge in [0.15, 0.2) is 0 Å². The summed E-state index contributed by atoms with van der Waals surface area (Å²) in [5.74, 6) is 0. The SMILES string of the molecule is O=c1c2cccc(Br)c2ncn1C1CCNCC1. The van der Waals surface area contributed by atoms with E-state index in [1.165, 1.54) is 0 Å². The van der Waals surface area contributed by atoms with Crippen molar-refractivity contribution >= 4 is 26.8 Å². The van der Waals surface area contributed by atoms with Crippen LogP contribution in [0.25, 0.3) is 10.9 Å². The van der Waals surface area contributed by atoms with Crippen LogP contribution in [0.1, 0.15) is 18.9 Å². The first-order valence-electron chi connectivity index (χ1n) is 6.13. The summed E-state index contributed by atoms with van der Waals surface area (Å²) in [5, 5.41) is 3.99. The Morgan fingerprint density at radius 2 is 2.11 bits per heavy atom. The first kappa shape index (κ1) is 11.9. The van der Waals surface area contributed by atoms with Crippen LogP contribution in [0.15, 0.2) is 33.8 Å². The zero-order chi connectivity index (χ0) is 12.5. The molecule has 0 unspecified atom stereocenters. The van der Waals surface area contributed by atoms with E-state index in [1.807, 2.05) is 18.2 Å². The third-order valence-electron chi connectivity index (χ3n) is 3.47. The summed E-state index contributed by atoms with van der Waals surface area (Å²) in [6, 6.07) is 5.90. The Morgan fingerprint density at radius 3 is 2.89 bits per heavy atom. The van der Waals surface area contributed by atoms with Crippen LogP contribution in [-0.4, -0.2) is 22.6 Å². The maximum absolute atomic E-state index is 12.5. The first-order chi connectivity index (χ1) is 8.77. The maximum Gasteiger partial charge on any atom is 0.261 e. The molecule has 2 heterocycles. The largest absolute Gasteiger partial charge is 0.317 e. The zero-order valence-corrected chi connectivity index (χ0v) is 11.5. The molecule has 0 atom stereocenters. The molecule has 5 heteroatoms. The molecule has 1 aromatic carbocycles. The third-order valence-corrected chi connectivity index (χ3v) is 4.10. The number of hydrogen-bond acceptors (Lipinski definition) is 3. The predicted octanol–water partition coefficient (Wildman–Crippen LogP) is 2.08. The summed E-state index contributed by atoms with van der Waals surface area (Å²) < 4.78 is 2.66. The van der Waals surface area contributed by atoms with E-state index in [1.54, 1.807) is 10.9 Å². The highest BCUT2D eigenvalue weighted by Gasteiger charge is 2.17. The summed E-state index contributed by atoms with van der Waals surface area (Å²) in [6.07, 6.45) is 3.66. The zero-order valence-electron chi connectivity index (χ0n) is 9.90. The summed E-state index contributed by atoms with van der Waals surface area (Å²) in [6.45, 7) is 1.93. The Balaban J connectivity index is 2.14. The number of fused-ring (bicyclic) bond motifs is 1. The molecule has 0 bridgehead atoms. The van der Waals surface area contributed by atoms with Crippen LogP contribution < -0.4 is 10.9 Å². The monoisotopic (exact) mass is 307 g/mol. The molecule has 1 aromatic heterocycles. The number of para-hydroxylation sites is 1. The summed E-state index contributed by atoms with van der Waals surface area (Å²) in [5.41, 5.74) is 0.806. The quantitative estimate of drug-likeness (QED) is 0.877. The van der Waals surface area contributed by atoms with Gasteiger partial charge in [0.25, 0.3) is 5.56 Å². The lowest BCUT2D eigenvalue weighted by Gasteiger charge is -2.24. The van der Waals surface area contributed by atoms with E-state index in [2.05, 4.69) is 26.2 Å². The van der Waals surface area contributed by atoms with Gasteiger partial charge in [0.1, 0.15) is 0 Å². The number of hydrogen-bond donors (Lipinski definition) is 1. The van der Waals surface area contributed by atoms with E-state index in [4.69, 9.17) is 0 Å². The van der Waals surface area contributed by atoms with Gasteiger partial charge < -0.3 is 5.32 Å². The van der Waals surface area contributed by atoms with Gasteiger partial charge in [-0.05, 0) is 54.0 Å². The lowest BCUT2D eigenvalue weighted by atomic mass is 10.1. The number of nitrogens with zero attached hydrogens (tertiary/aromatic N) is 2. The molecule has 1 aliphatic rings. The molecule has 0 amide bonds. The lowest BCUT2D eigenvalue weighted by molar-refractivity contribution is 0.359. The maximum atomic E-state index is 12.5. The van der Waals surface area contributed by atoms with Gasteiger partial charge in [-0.2, -0.15) is 0 Å².